The van der Waals surface area contributed by atoms with Gasteiger partial charge in [-0.05, 0) is 51.8 Å². The number of anilines is 1. The molecule has 0 bridgehead atoms. The molecule has 0 unspecified atom stereocenters. The van der Waals surface area contributed by atoms with E-state index < -0.39 is 0 Å². The lowest BCUT2D eigenvalue weighted by molar-refractivity contribution is 0.403. The third kappa shape index (κ3) is 3.17. The molecule has 0 aliphatic rings. The number of phenols is 2. The number of hydrogen-bond acceptors (Lipinski definition) is 3. The van der Waals surface area contributed by atoms with Crippen LogP contribution in [0.1, 0.15) is 5.56 Å². The normalized spacial score (nSPS) is 10.3. The third-order valence-corrected chi connectivity index (χ3v) is 3.64. The van der Waals surface area contributed by atoms with E-state index in [1.54, 1.807) is 6.07 Å². The molecule has 2 rings (SSSR count). The van der Waals surface area contributed by atoms with Crippen molar-refractivity contribution in [2.45, 2.75) is 6.54 Å². The summed E-state index contributed by atoms with van der Waals surface area (Å²) in [7, 11) is 0. The van der Waals surface area contributed by atoms with Gasteiger partial charge in [0.15, 0.2) is 11.5 Å². The zero-order chi connectivity index (χ0) is 13.1. The van der Waals surface area contributed by atoms with Crippen LogP contribution in [0.2, 0.25) is 0 Å². The summed E-state index contributed by atoms with van der Waals surface area (Å²) in [5.74, 6) is -0.218. The second kappa shape index (κ2) is 5.63. The Labute approximate surface area is 122 Å². The van der Waals surface area contributed by atoms with Gasteiger partial charge in [-0.25, -0.2) is 0 Å². The molecule has 94 valence electrons. The summed E-state index contributed by atoms with van der Waals surface area (Å²) >= 11 is 6.87. The van der Waals surface area contributed by atoms with E-state index in [9.17, 15) is 10.2 Å². The number of nitrogens with one attached hydrogen (secondary N) is 1. The molecule has 2 aromatic carbocycles. The Bertz CT molecular complexity index is 573. The maximum absolute atomic E-state index is 9.40. The predicted octanol–water partition coefficient (Wildman–Crippen LogP) is 4.23. The number of aromatic hydroxyl groups is 2. The van der Waals surface area contributed by atoms with E-state index in [2.05, 4.69) is 37.2 Å². The van der Waals surface area contributed by atoms with Crippen LogP contribution >= 0.6 is 31.9 Å². The van der Waals surface area contributed by atoms with Crippen LogP contribution in [0.5, 0.6) is 11.5 Å². The van der Waals surface area contributed by atoms with Crippen molar-refractivity contribution in [1.82, 2.24) is 0 Å². The molecule has 2 aromatic rings. The molecule has 0 radical (unpaired) electrons. The molecule has 0 spiro atoms. The Morgan fingerprint density at radius 2 is 1.72 bits per heavy atom. The predicted molar refractivity (Wildman–Crippen MR) is 78.9 cm³/mol. The summed E-state index contributed by atoms with van der Waals surface area (Å²) in [6.45, 7) is 0.558. The summed E-state index contributed by atoms with van der Waals surface area (Å²) in [5, 5.41) is 21.9. The van der Waals surface area contributed by atoms with Crippen LogP contribution in [0.3, 0.4) is 0 Å². The highest BCUT2D eigenvalue weighted by molar-refractivity contribution is 9.11. The molecular weight excluding hydrogens is 362 g/mol. The van der Waals surface area contributed by atoms with E-state index in [1.807, 2.05) is 18.2 Å². The fourth-order valence-corrected chi connectivity index (χ4v) is 2.26. The van der Waals surface area contributed by atoms with Crippen LogP contribution < -0.4 is 5.32 Å². The van der Waals surface area contributed by atoms with E-state index in [0.717, 1.165) is 20.2 Å². The van der Waals surface area contributed by atoms with Crippen molar-refractivity contribution >= 4 is 37.5 Å². The zero-order valence-corrected chi connectivity index (χ0v) is 12.5. The van der Waals surface area contributed by atoms with Crippen molar-refractivity contribution in [3.63, 3.8) is 0 Å². The zero-order valence-electron chi connectivity index (χ0n) is 9.32. The largest absolute Gasteiger partial charge is 0.504 e. The summed E-state index contributed by atoms with van der Waals surface area (Å²) < 4.78 is 1.95. The Hall–Kier alpha value is -1.20. The van der Waals surface area contributed by atoms with Gasteiger partial charge in [-0.2, -0.15) is 0 Å². The first-order valence-electron chi connectivity index (χ1n) is 5.26. The molecule has 5 heteroatoms. The van der Waals surface area contributed by atoms with E-state index in [0.29, 0.717) is 6.54 Å². The summed E-state index contributed by atoms with van der Waals surface area (Å²) in [6, 6.07) is 10.6. The minimum atomic E-state index is -0.109. The highest BCUT2D eigenvalue weighted by atomic mass is 79.9. The van der Waals surface area contributed by atoms with Gasteiger partial charge in [0.25, 0.3) is 0 Å². The van der Waals surface area contributed by atoms with E-state index >= 15 is 0 Å². The van der Waals surface area contributed by atoms with Crippen LogP contribution in [0.15, 0.2) is 45.3 Å². The molecule has 0 saturated heterocycles. The molecule has 0 aromatic heterocycles. The monoisotopic (exact) mass is 371 g/mol. The van der Waals surface area contributed by atoms with Gasteiger partial charge in [0, 0.05) is 21.2 Å². The first kappa shape index (κ1) is 13.2. The Kier molecular flexibility index (Phi) is 4.14. The Morgan fingerprint density at radius 1 is 0.944 bits per heavy atom. The van der Waals surface area contributed by atoms with Gasteiger partial charge in [-0.1, -0.05) is 22.0 Å². The van der Waals surface area contributed by atoms with Crippen LogP contribution in [-0.4, -0.2) is 10.2 Å². The highest BCUT2D eigenvalue weighted by Crippen LogP contribution is 2.28. The van der Waals surface area contributed by atoms with Gasteiger partial charge in [0.05, 0.1) is 0 Å². The second-order valence-electron chi connectivity index (χ2n) is 3.80. The average Bonchev–Trinajstić information content (AvgIpc) is 2.34. The SMILES string of the molecule is Oc1ccc(CNc2cc(Br)ccc2Br)cc1O. The van der Waals surface area contributed by atoms with Crippen molar-refractivity contribution in [1.29, 1.82) is 0 Å². The second-order valence-corrected chi connectivity index (χ2v) is 5.57. The van der Waals surface area contributed by atoms with Gasteiger partial charge in [0.1, 0.15) is 0 Å². The standard InChI is InChI=1S/C13H11Br2NO2/c14-9-2-3-10(15)11(6-9)16-7-8-1-4-12(17)13(18)5-8/h1-6,16-18H,7H2. The molecule has 3 N–H and O–H groups in total. The quantitative estimate of drug-likeness (QED) is 0.706. The van der Waals surface area contributed by atoms with Gasteiger partial charge in [-0.3, -0.25) is 0 Å². The smallest absolute Gasteiger partial charge is 0.157 e. The number of rotatable bonds is 3. The van der Waals surface area contributed by atoms with Gasteiger partial charge in [0.2, 0.25) is 0 Å². The van der Waals surface area contributed by atoms with E-state index in [1.165, 1.54) is 12.1 Å². The van der Waals surface area contributed by atoms with Crippen LogP contribution in [0.4, 0.5) is 5.69 Å². The fraction of sp³-hybridized carbons (Fsp3) is 0.0769. The molecule has 0 amide bonds. The first-order valence-corrected chi connectivity index (χ1v) is 6.84. The number of hydrogen-bond donors (Lipinski definition) is 3. The number of benzene rings is 2. The Morgan fingerprint density at radius 3 is 2.44 bits per heavy atom. The molecule has 18 heavy (non-hydrogen) atoms. The van der Waals surface area contributed by atoms with Crippen molar-refractivity contribution in [3.05, 3.63) is 50.9 Å². The van der Waals surface area contributed by atoms with E-state index in [-0.39, 0.29) is 11.5 Å². The van der Waals surface area contributed by atoms with Crippen LogP contribution in [0, 0.1) is 0 Å². The van der Waals surface area contributed by atoms with Gasteiger partial charge >= 0.3 is 0 Å². The first-order chi connectivity index (χ1) is 8.56. The van der Waals surface area contributed by atoms with Crippen molar-refractivity contribution in [2.75, 3.05) is 5.32 Å². The minimum Gasteiger partial charge on any atom is -0.504 e. The highest BCUT2D eigenvalue weighted by Gasteiger charge is 2.03. The molecule has 0 heterocycles. The van der Waals surface area contributed by atoms with Crippen molar-refractivity contribution in [2.24, 2.45) is 0 Å². The van der Waals surface area contributed by atoms with Crippen LogP contribution in [0.25, 0.3) is 0 Å². The minimum absolute atomic E-state index is 0.109. The molecule has 0 aliphatic carbocycles. The Balaban J connectivity index is 2.11. The lowest BCUT2D eigenvalue weighted by Crippen LogP contribution is -1.99. The molecule has 3 nitrogen and oxygen atoms in total. The van der Waals surface area contributed by atoms with E-state index in [4.69, 9.17) is 0 Å². The lowest BCUT2D eigenvalue weighted by atomic mass is 10.2. The average molecular weight is 373 g/mol. The molecule has 0 aliphatic heterocycles. The molecular formula is C13H11Br2NO2. The summed E-state index contributed by atoms with van der Waals surface area (Å²) in [5.41, 5.74) is 1.84. The molecule has 0 fully saturated rings. The van der Waals surface area contributed by atoms with Crippen molar-refractivity contribution in [3.8, 4) is 11.5 Å². The van der Waals surface area contributed by atoms with Gasteiger partial charge in [-0.15, -0.1) is 0 Å². The fourth-order valence-electron chi connectivity index (χ4n) is 1.51. The van der Waals surface area contributed by atoms with Crippen LogP contribution in [-0.2, 0) is 6.54 Å². The lowest BCUT2D eigenvalue weighted by Gasteiger charge is -2.09. The third-order valence-electron chi connectivity index (χ3n) is 2.45. The maximum atomic E-state index is 9.40. The maximum Gasteiger partial charge on any atom is 0.157 e. The molecule has 0 atom stereocenters. The van der Waals surface area contributed by atoms with Crippen molar-refractivity contribution < 1.29 is 10.2 Å². The topological polar surface area (TPSA) is 52.5 Å². The molecule has 0 saturated carbocycles. The summed E-state index contributed by atoms with van der Waals surface area (Å²) in [4.78, 5) is 0. The summed E-state index contributed by atoms with van der Waals surface area (Å²) in [6.07, 6.45) is 0. The van der Waals surface area contributed by atoms with Gasteiger partial charge < -0.3 is 15.5 Å². The number of phenolic OH excluding ortho intramolecular Hbond substituents is 2. The number of halogens is 2.